The maximum Gasteiger partial charge on any atom is 0.342 e. The summed E-state index contributed by atoms with van der Waals surface area (Å²) >= 11 is 0. The second-order valence-electron chi connectivity index (χ2n) is 12.5. The summed E-state index contributed by atoms with van der Waals surface area (Å²) in [6.07, 6.45) is 22.8. The molecule has 0 spiro atoms. The quantitative estimate of drug-likeness (QED) is 0.0508. The lowest BCUT2D eigenvalue weighted by Gasteiger charge is -2.26. The van der Waals surface area contributed by atoms with E-state index >= 15 is 0 Å². The summed E-state index contributed by atoms with van der Waals surface area (Å²) in [4.78, 5) is 44.0. The van der Waals surface area contributed by atoms with Gasteiger partial charge in [-0.05, 0) is 76.7 Å². The molecular weight excluding hydrogens is 546 g/mol. The average molecular weight is 614 g/mol. The Labute approximate surface area is 263 Å². The maximum absolute atomic E-state index is 11.8. The molecule has 0 aromatic carbocycles. The van der Waals surface area contributed by atoms with Crippen molar-refractivity contribution in [2.75, 3.05) is 19.8 Å². The van der Waals surface area contributed by atoms with Crippen LogP contribution in [0.5, 0.6) is 0 Å². The molecule has 0 unspecified atom stereocenters. The Balaban J connectivity index is 2.14. The van der Waals surface area contributed by atoms with Crippen LogP contribution in [-0.2, 0) is 33.9 Å². The van der Waals surface area contributed by atoms with Crippen molar-refractivity contribution in [3.05, 3.63) is 0 Å². The first kappa shape index (κ1) is 39.8. The molecule has 0 bridgehead atoms. The number of carbonyl (C=O) groups excluding carboxylic acids is 2. The van der Waals surface area contributed by atoms with Gasteiger partial charge in [-0.15, -0.1) is 0 Å². The first-order valence-corrected chi connectivity index (χ1v) is 18.1. The van der Waals surface area contributed by atoms with Crippen molar-refractivity contribution in [2.45, 2.75) is 187 Å². The van der Waals surface area contributed by atoms with E-state index < -0.39 is 0 Å². The van der Waals surface area contributed by atoms with Crippen molar-refractivity contribution in [3.8, 4) is 0 Å². The first-order valence-electron chi connectivity index (χ1n) is 18.1. The topological polar surface area (TPSA) is 92.3 Å². The van der Waals surface area contributed by atoms with Crippen LogP contribution in [0, 0.1) is 5.92 Å². The van der Waals surface area contributed by atoms with Crippen LogP contribution in [0.1, 0.15) is 169 Å². The molecule has 0 saturated carbocycles. The van der Waals surface area contributed by atoms with Crippen LogP contribution in [0.15, 0.2) is 0 Å². The molecule has 1 heterocycles. The number of rotatable bonds is 29. The molecule has 43 heavy (non-hydrogen) atoms. The monoisotopic (exact) mass is 613 g/mol. The number of hydrogen-bond donors (Lipinski definition) is 1. The lowest BCUT2D eigenvalue weighted by Crippen LogP contribution is -2.35. The van der Waals surface area contributed by atoms with E-state index in [0.717, 1.165) is 77.0 Å². The fraction of sp³-hybridized carbons (Fsp3) is 0.943. The van der Waals surface area contributed by atoms with Gasteiger partial charge < -0.3 is 10.1 Å². The summed E-state index contributed by atoms with van der Waals surface area (Å²) in [6.45, 7) is 11.1. The highest BCUT2D eigenvalue weighted by molar-refractivity contribution is 5.68. The van der Waals surface area contributed by atoms with E-state index in [4.69, 9.17) is 24.3 Å². The molecule has 0 aromatic heterocycles. The number of unbranched alkanes of at least 4 members (excludes halogenated alkanes) is 10. The van der Waals surface area contributed by atoms with Gasteiger partial charge in [0, 0.05) is 32.1 Å². The highest BCUT2D eigenvalue weighted by Gasteiger charge is 2.16. The number of ether oxygens (including phenoxy) is 1. The minimum Gasteiger partial charge on any atom is -0.381 e. The maximum atomic E-state index is 11.8. The van der Waals surface area contributed by atoms with Gasteiger partial charge in [0.15, 0.2) is 0 Å². The van der Waals surface area contributed by atoms with E-state index in [1.807, 2.05) is 27.7 Å². The van der Waals surface area contributed by atoms with Gasteiger partial charge in [0.2, 0.25) is 0 Å². The second-order valence-corrected chi connectivity index (χ2v) is 12.5. The van der Waals surface area contributed by atoms with Crippen LogP contribution in [0.25, 0.3) is 0 Å². The van der Waals surface area contributed by atoms with Crippen LogP contribution in [-0.4, -0.2) is 49.9 Å². The lowest BCUT2D eigenvalue weighted by atomic mass is 9.97. The van der Waals surface area contributed by atoms with Crippen molar-refractivity contribution >= 4 is 11.9 Å². The van der Waals surface area contributed by atoms with Gasteiger partial charge >= 0.3 is 11.9 Å². The summed E-state index contributed by atoms with van der Waals surface area (Å²) in [7, 11) is 0. The molecule has 1 aliphatic heterocycles. The van der Waals surface area contributed by atoms with Crippen molar-refractivity contribution in [2.24, 2.45) is 5.92 Å². The molecule has 8 heteroatoms. The molecule has 8 nitrogen and oxygen atoms in total. The molecule has 1 saturated heterocycles. The predicted molar refractivity (Wildman–Crippen MR) is 172 cm³/mol. The highest BCUT2D eigenvalue weighted by Crippen LogP contribution is 2.18. The molecule has 1 aliphatic rings. The van der Waals surface area contributed by atoms with Gasteiger partial charge in [0.25, 0.3) is 0 Å². The number of carbonyl (C=O) groups is 2. The third-order valence-electron chi connectivity index (χ3n) is 8.78. The summed E-state index contributed by atoms with van der Waals surface area (Å²) in [5.41, 5.74) is 0. The summed E-state index contributed by atoms with van der Waals surface area (Å²) in [5.74, 6) is 0.260. The van der Waals surface area contributed by atoms with Crippen LogP contribution in [0.4, 0.5) is 0 Å². The second kappa shape index (κ2) is 28.3. The minimum absolute atomic E-state index is 0.00734. The van der Waals surface area contributed by atoms with Gasteiger partial charge in [-0.25, -0.2) is 9.59 Å². The zero-order valence-corrected chi connectivity index (χ0v) is 28.3. The van der Waals surface area contributed by atoms with Crippen molar-refractivity contribution in [3.63, 3.8) is 0 Å². The Morgan fingerprint density at radius 1 is 0.628 bits per heavy atom. The summed E-state index contributed by atoms with van der Waals surface area (Å²) in [6, 6.07) is 0.595. The normalized spacial score (nSPS) is 14.2. The van der Waals surface area contributed by atoms with Gasteiger partial charge in [0.1, 0.15) is 12.2 Å². The number of hydrogen-bond acceptors (Lipinski definition) is 8. The SMILES string of the molecule is CCC(CC)OOC(=O)CCCCCCCCC(CCCCCCCCC(=O)OOC(CC)CC)NCC1CCOCC1. The predicted octanol–water partition coefficient (Wildman–Crippen LogP) is 8.94. The zero-order chi connectivity index (χ0) is 31.4. The summed E-state index contributed by atoms with van der Waals surface area (Å²) in [5, 5.41) is 3.91. The molecule has 0 atom stereocenters. The molecule has 1 N–H and O–H groups in total. The average Bonchev–Trinajstić information content (AvgIpc) is 3.03. The molecule has 254 valence electrons. The van der Waals surface area contributed by atoms with Crippen LogP contribution in [0.2, 0.25) is 0 Å². The Morgan fingerprint density at radius 2 is 1.02 bits per heavy atom. The van der Waals surface area contributed by atoms with Crippen LogP contribution in [0.3, 0.4) is 0 Å². The summed E-state index contributed by atoms with van der Waals surface area (Å²) < 4.78 is 5.54. The third kappa shape index (κ3) is 22.9. The molecule has 1 fully saturated rings. The Bertz CT molecular complexity index is 604. The third-order valence-corrected chi connectivity index (χ3v) is 8.78. The largest absolute Gasteiger partial charge is 0.381 e. The molecule has 0 amide bonds. The molecule has 0 radical (unpaired) electrons. The molecular formula is C35H67NO7. The Hall–Kier alpha value is -1.22. The fourth-order valence-electron chi connectivity index (χ4n) is 5.54. The van der Waals surface area contributed by atoms with Crippen molar-refractivity contribution < 1.29 is 33.9 Å². The minimum atomic E-state index is -0.243. The van der Waals surface area contributed by atoms with E-state index in [-0.39, 0.29) is 24.1 Å². The van der Waals surface area contributed by atoms with Crippen molar-refractivity contribution in [1.29, 1.82) is 0 Å². The first-order chi connectivity index (χ1) is 21.0. The van der Waals surface area contributed by atoms with E-state index in [1.54, 1.807) is 0 Å². The molecule has 0 aromatic rings. The van der Waals surface area contributed by atoms with E-state index in [2.05, 4.69) is 5.32 Å². The number of nitrogens with one attached hydrogen (secondary N) is 1. The van der Waals surface area contributed by atoms with Gasteiger partial charge in [-0.2, -0.15) is 9.78 Å². The smallest absolute Gasteiger partial charge is 0.342 e. The zero-order valence-electron chi connectivity index (χ0n) is 28.3. The fourth-order valence-corrected chi connectivity index (χ4v) is 5.54. The lowest BCUT2D eigenvalue weighted by molar-refractivity contribution is -0.299. The van der Waals surface area contributed by atoms with Gasteiger partial charge in [-0.3, -0.25) is 9.78 Å². The van der Waals surface area contributed by atoms with E-state index in [0.29, 0.717) is 18.9 Å². The van der Waals surface area contributed by atoms with Gasteiger partial charge in [0.05, 0.1) is 0 Å². The van der Waals surface area contributed by atoms with Crippen molar-refractivity contribution in [1.82, 2.24) is 5.32 Å². The Kier molecular flexibility index (Phi) is 26.2. The standard InChI is InChI=1S/C35H67NO7/c1-5-32(6-2)40-42-34(37)23-19-15-11-9-13-17-21-31(36-29-30-25-27-39-28-26-30)22-18-14-10-12-16-20-24-35(38)43-41-33(7-3)8-4/h30-33,36H,5-29H2,1-4H3. The molecule has 0 aliphatic carbocycles. The van der Waals surface area contributed by atoms with Crippen LogP contribution < -0.4 is 5.32 Å². The Morgan fingerprint density at radius 3 is 1.44 bits per heavy atom. The van der Waals surface area contributed by atoms with E-state index in [9.17, 15) is 9.59 Å². The van der Waals surface area contributed by atoms with E-state index in [1.165, 1.54) is 77.0 Å². The highest BCUT2D eigenvalue weighted by atomic mass is 17.2. The van der Waals surface area contributed by atoms with Crippen LogP contribution >= 0.6 is 0 Å². The molecule has 1 rings (SSSR count). The van der Waals surface area contributed by atoms with Gasteiger partial charge in [-0.1, -0.05) is 91.9 Å².